The fourth-order valence-electron chi connectivity index (χ4n) is 1.73. The normalized spacial score (nSPS) is 11.9. The standard InChI is InChI=1S/C16H27N3O.HI/c1-16(2,3)19-15(17)18-11-7-12-20-13-10-14-8-5-4-6-9-14;/h4-6,8-9H,7,10-13H2,1-3H3,(H3,17,18,19);1H. The number of nitrogens with two attached hydrogens (primary N) is 1. The second-order valence-electron chi connectivity index (χ2n) is 5.84. The number of nitrogens with one attached hydrogen (secondary N) is 1. The third-order valence-electron chi connectivity index (χ3n) is 2.61. The molecule has 0 saturated heterocycles. The Balaban J connectivity index is 0.00000400. The van der Waals surface area contributed by atoms with Crippen molar-refractivity contribution in [3.63, 3.8) is 0 Å². The fourth-order valence-corrected chi connectivity index (χ4v) is 1.73. The molecule has 0 aliphatic carbocycles. The van der Waals surface area contributed by atoms with Crippen molar-refractivity contribution in [2.24, 2.45) is 10.7 Å². The summed E-state index contributed by atoms with van der Waals surface area (Å²) in [5, 5.41) is 3.13. The molecule has 0 atom stereocenters. The molecule has 0 aliphatic heterocycles. The average Bonchev–Trinajstić information content (AvgIpc) is 2.37. The zero-order valence-corrected chi connectivity index (χ0v) is 15.6. The van der Waals surface area contributed by atoms with E-state index in [2.05, 4.69) is 55.3 Å². The second kappa shape index (κ2) is 10.8. The van der Waals surface area contributed by atoms with Crippen LogP contribution in [0.4, 0.5) is 0 Å². The molecule has 0 aliphatic rings. The van der Waals surface area contributed by atoms with E-state index in [4.69, 9.17) is 10.5 Å². The first-order valence-corrected chi connectivity index (χ1v) is 7.17. The molecule has 5 heteroatoms. The minimum atomic E-state index is -0.0419. The van der Waals surface area contributed by atoms with Crippen LogP contribution in [0.25, 0.3) is 0 Å². The zero-order valence-electron chi connectivity index (χ0n) is 13.3. The quantitative estimate of drug-likeness (QED) is 0.317. The predicted octanol–water partition coefficient (Wildman–Crippen LogP) is 2.96. The number of aliphatic imine (C=N–C) groups is 1. The van der Waals surface area contributed by atoms with Crippen LogP contribution in [-0.2, 0) is 11.2 Å². The molecule has 0 aromatic heterocycles. The van der Waals surface area contributed by atoms with E-state index in [1.165, 1.54) is 5.56 Å². The van der Waals surface area contributed by atoms with Gasteiger partial charge in [-0.05, 0) is 39.2 Å². The van der Waals surface area contributed by atoms with Crippen LogP contribution in [0.5, 0.6) is 0 Å². The number of hydrogen-bond donors (Lipinski definition) is 2. The van der Waals surface area contributed by atoms with Crippen molar-refractivity contribution in [3.05, 3.63) is 35.9 Å². The van der Waals surface area contributed by atoms with Gasteiger partial charge < -0.3 is 15.8 Å². The Kier molecular flexibility index (Phi) is 10.4. The maximum absolute atomic E-state index is 5.77. The zero-order chi connectivity index (χ0) is 14.8. The van der Waals surface area contributed by atoms with Crippen molar-refractivity contribution in [1.82, 2.24) is 5.32 Å². The van der Waals surface area contributed by atoms with Gasteiger partial charge in [0.1, 0.15) is 0 Å². The first kappa shape index (κ1) is 20.2. The Morgan fingerprint density at radius 3 is 2.48 bits per heavy atom. The van der Waals surface area contributed by atoms with Crippen molar-refractivity contribution >= 4 is 29.9 Å². The van der Waals surface area contributed by atoms with Gasteiger partial charge in [-0.3, -0.25) is 4.99 Å². The SMILES string of the molecule is CC(C)(C)NC(N)=NCCCOCCc1ccccc1.I. The Morgan fingerprint density at radius 1 is 1.19 bits per heavy atom. The third kappa shape index (κ3) is 11.5. The molecular formula is C16H28IN3O. The summed E-state index contributed by atoms with van der Waals surface area (Å²) < 4.78 is 5.59. The summed E-state index contributed by atoms with van der Waals surface area (Å²) >= 11 is 0. The van der Waals surface area contributed by atoms with E-state index in [-0.39, 0.29) is 29.5 Å². The van der Waals surface area contributed by atoms with Crippen molar-refractivity contribution in [2.45, 2.75) is 39.2 Å². The van der Waals surface area contributed by atoms with Crippen molar-refractivity contribution in [2.75, 3.05) is 19.8 Å². The summed E-state index contributed by atoms with van der Waals surface area (Å²) in [5.74, 6) is 0.502. The summed E-state index contributed by atoms with van der Waals surface area (Å²) in [6, 6.07) is 10.4. The maximum atomic E-state index is 5.77. The van der Waals surface area contributed by atoms with Crippen molar-refractivity contribution in [3.8, 4) is 0 Å². The van der Waals surface area contributed by atoms with Gasteiger partial charge in [-0.1, -0.05) is 30.3 Å². The van der Waals surface area contributed by atoms with Crippen molar-refractivity contribution in [1.29, 1.82) is 0 Å². The van der Waals surface area contributed by atoms with Gasteiger partial charge in [0.2, 0.25) is 0 Å². The van der Waals surface area contributed by atoms with E-state index in [1.54, 1.807) is 0 Å². The van der Waals surface area contributed by atoms with Gasteiger partial charge in [-0.15, -0.1) is 24.0 Å². The molecule has 0 saturated carbocycles. The Bertz CT molecular complexity index is 402. The molecule has 120 valence electrons. The number of halogens is 1. The first-order chi connectivity index (χ1) is 9.47. The van der Waals surface area contributed by atoms with E-state index in [0.717, 1.165) is 26.1 Å². The number of ether oxygens (including phenoxy) is 1. The molecule has 4 nitrogen and oxygen atoms in total. The number of hydrogen-bond acceptors (Lipinski definition) is 2. The van der Waals surface area contributed by atoms with E-state index >= 15 is 0 Å². The molecule has 0 spiro atoms. The van der Waals surface area contributed by atoms with Gasteiger partial charge in [0.05, 0.1) is 6.61 Å². The molecule has 0 bridgehead atoms. The van der Waals surface area contributed by atoms with Gasteiger partial charge in [-0.2, -0.15) is 0 Å². The summed E-state index contributed by atoms with van der Waals surface area (Å²) in [6.07, 6.45) is 1.85. The van der Waals surface area contributed by atoms with Crippen LogP contribution in [0, 0.1) is 0 Å². The number of guanidine groups is 1. The van der Waals surface area contributed by atoms with E-state index in [0.29, 0.717) is 12.5 Å². The van der Waals surface area contributed by atoms with E-state index < -0.39 is 0 Å². The lowest BCUT2D eigenvalue weighted by Gasteiger charge is -2.20. The van der Waals surface area contributed by atoms with E-state index in [9.17, 15) is 0 Å². The van der Waals surface area contributed by atoms with Gasteiger partial charge in [0.15, 0.2) is 5.96 Å². The number of benzene rings is 1. The molecule has 21 heavy (non-hydrogen) atoms. The van der Waals surface area contributed by atoms with Crippen LogP contribution in [0.2, 0.25) is 0 Å². The highest BCUT2D eigenvalue weighted by Gasteiger charge is 2.09. The highest BCUT2D eigenvalue weighted by atomic mass is 127. The molecule has 3 N–H and O–H groups in total. The fraction of sp³-hybridized carbons (Fsp3) is 0.562. The molecule has 0 heterocycles. The molecule has 1 aromatic carbocycles. The average molecular weight is 405 g/mol. The largest absolute Gasteiger partial charge is 0.381 e. The van der Waals surface area contributed by atoms with Crippen LogP contribution in [0.3, 0.4) is 0 Å². The highest BCUT2D eigenvalue weighted by molar-refractivity contribution is 14.0. The monoisotopic (exact) mass is 405 g/mol. The lowest BCUT2D eigenvalue weighted by atomic mass is 10.1. The van der Waals surface area contributed by atoms with E-state index in [1.807, 2.05) is 6.07 Å². The maximum Gasteiger partial charge on any atom is 0.188 e. The Hall–Kier alpha value is -0.820. The Morgan fingerprint density at radius 2 is 1.86 bits per heavy atom. The molecular weight excluding hydrogens is 377 g/mol. The van der Waals surface area contributed by atoms with Crippen LogP contribution >= 0.6 is 24.0 Å². The van der Waals surface area contributed by atoms with Gasteiger partial charge in [0.25, 0.3) is 0 Å². The lowest BCUT2D eigenvalue weighted by molar-refractivity contribution is 0.136. The van der Waals surface area contributed by atoms with Crippen LogP contribution in [0.1, 0.15) is 32.8 Å². The molecule has 1 rings (SSSR count). The van der Waals surface area contributed by atoms with Crippen LogP contribution in [0.15, 0.2) is 35.3 Å². The smallest absolute Gasteiger partial charge is 0.188 e. The van der Waals surface area contributed by atoms with Gasteiger partial charge in [0, 0.05) is 18.7 Å². The predicted molar refractivity (Wildman–Crippen MR) is 100 cm³/mol. The van der Waals surface area contributed by atoms with Crippen LogP contribution < -0.4 is 11.1 Å². The first-order valence-electron chi connectivity index (χ1n) is 7.17. The molecule has 0 unspecified atom stereocenters. The molecule has 0 radical (unpaired) electrons. The highest BCUT2D eigenvalue weighted by Crippen LogP contribution is 2.00. The summed E-state index contributed by atoms with van der Waals surface area (Å²) in [7, 11) is 0. The molecule has 0 amide bonds. The molecule has 1 aromatic rings. The minimum Gasteiger partial charge on any atom is -0.381 e. The van der Waals surface area contributed by atoms with Crippen molar-refractivity contribution < 1.29 is 4.74 Å². The topological polar surface area (TPSA) is 59.6 Å². The number of rotatable bonds is 7. The second-order valence-corrected chi connectivity index (χ2v) is 5.84. The molecule has 0 fully saturated rings. The lowest BCUT2D eigenvalue weighted by Crippen LogP contribution is -2.45. The minimum absolute atomic E-state index is 0. The van der Waals surface area contributed by atoms with Gasteiger partial charge >= 0.3 is 0 Å². The summed E-state index contributed by atoms with van der Waals surface area (Å²) in [5.41, 5.74) is 7.04. The van der Waals surface area contributed by atoms with Gasteiger partial charge in [-0.25, -0.2) is 0 Å². The summed E-state index contributed by atoms with van der Waals surface area (Å²) in [4.78, 5) is 4.27. The number of nitrogens with zero attached hydrogens (tertiary/aromatic N) is 1. The Labute approximate surface area is 145 Å². The third-order valence-corrected chi connectivity index (χ3v) is 2.61. The van der Waals surface area contributed by atoms with Crippen LogP contribution in [-0.4, -0.2) is 31.3 Å². The summed E-state index contributed by atoms with van der Waals surface area (Å²) in [6.45, 7) is 8.34.